The van der Waals surface area contributed by atoms with Crippen molar-refractivity contribution in [2.45, 2.75) is 57.5 Å². The summed E-state index contributed by atoms with van der Waals surface area (Å²) in [4.78, 5) is 14.2. The van der Waals surface area contributed by atoms with Crippen molar-refractivity contribution >= 4 is 12.0 Å². The van der Waals surface area contributed by atoms with Crippen LogP contribution in [0.3, 0.4) is 0 Å². The van der Waals surface area contributed by atoms with Crippen LogP contribution in [0.15, 0.2) is 96.7 Å². The molecular weight excluding hydrogens is 499 g/mol. The zero-order chi connectivity index (χ0) is 27.4. The molecule has 0 N–H and O–H groups in total. The molecule has 1 spiro atoms. The van der Waals surface area contributed by atoms with E-state index in [-0.39, 0.29) is 17.2 Å². The number of benzene rings is 3. The zero-order valence-electron chi connectivity index (χ0n) is 22.8. The molecular formula is C35H33FN2O2. The summed E-state index contributed by atoms with van der Waals surface area (Å²) >= 11 is 0. The number of aromatic nitrogens is 2. The first-order chi connectivity index (χ1) is 19.4. The number of carbonyl (C=O) groups excluding carboxylic acids is 1. The number of carbonyl (C=O) groups is 1. The Kier molecular flexibility index (Phi) is 5.81. The van der Waals surface area contributed by atoms with Crippen molar-refractivity contribution in [2.24, 2.45) is 10.8 Å². The van der Waals surface area contributed by atoms with Gasteiger partial charge < -0.3 is 4.74 Å². The molecule has 7 rings (SSSR count). The number of hydrogen-bond donors (Lipinski definition) is 0. The highest BCUT2D eigenvalue weighted by atomic mass is 19.1. The van der Waals surface area contributed by atoms with E-state index in [1.807, 2.05) is 47.3 Å². The molecule has 4 aromatic rings. The summed E-state index contributed by atoms with van der Waals surface area (Å²) < 4.78 is 22.2. The minimum Gasteiger partial charge on any atom is -0.458 e. The lowest BCUT2D eigenvalue weighted by Crippen LogP contribution is -2.52. The average Bonchev–Trinajstić information content (AvgIpc) is 3.48. The summed E-state index contributed by atoms with van der Waals surface area (Å²) in [6, 6.07) is 27.2. The van der Waals surface area contributed by atoms with Gasteiger partial charge in [0, 0.05) is 11.8 Å². The molecule has 2 atom stereocenters. The standard InChI is InChI=1S/C35H33FN2O2/c1-33-22-27-23-37-38(30-16-14-29(36)15-17-30)31(27)19-28(33)13-8-18-35(33)24-34(32(39)40-35,20-25-9-4-2-5-10-25)21-26-11-6-3-7-12-26/h2-7,9-12,14-17,19,23H,8,13,18,20-22,24H2,1H3/t33-,35+/m0/s1. The van der Waals surface area contributed by atoms with E-state index in [4.69, 9.17) is 9.84 Å². The van der Waals surface area contributed by atoms with Crippen molar-refractivity contribution in [3.8, 4) is 5.69 Å². The number of ether oxygens (including phenoxy) is 1. The van der Waals surface area contributed by atoms with E-state index >= 15 is 0 Å². The van der Waals surface area contributed by atoms with Gasteiger partial charge >= 0.3 is 5.97 Å². The number of nitrogens with zero attached hydrogens (tertiary/aromatic N) is 2. The second kappa shape index (κ2) is 9.29. The third kappa shape index (κ3) is 3.94. The number of halogens is 1. The fraction of sp³-hybridized carbons (Fsp3) is 0.314. The van der Waals surface area contributed by atoms with Gasteiger partial charge in [0.2, 0.25) is 0 Å². The van der Waals surface area contributed by atoms with Crippen LogP contribution in [-0.4, -0.2) is 21.4 Å². The minimum atomic E-state index is -0.632. The van der Waals surface area contributed by atoms with Crippen LogP contribution in [0.5, 0.6) is 0 Å². The Hall–Kier alpha value is -3.99. The maximum atomic E-state index is 14.2. The van der Waals surface area contributed by atoms with Crippen LogP contribution in [0.1, 0.15) is 55.0 Å². The van der Waals surface area contributed by atoms with Crippen molar-refractivity contribution in [3.63, 3.8) is 0 Å². The summed E-state index contributed by atoms with van der Waals surface area (Å²) in [6.07, 6.45) is 9.76. The molecule has 1 aromatic heterocycles. The van der Waals surface area contributed by atoms with Gasteiger partial charge in [-0.25, -0.2) is 9.07 Å². The van der Waals surface area contributed by atoms with Crippen LogP contribution in [0.25, 0.3) is 11.8 Å². The highest BCUT2D eigenvalue weighted by Crippen LogP contribution is 2.62. The van der Waals surface area contributed by atoms with Gasteiger partial charge in [-0.05, 0) is 85.6 Å². The lowest BCUT2D eigenvalue weighted by molar-refractivity contribution is -0.164. The molecule has 40 heavy (non-hydrogen) atoms. The molecule has 2 aliphatic carbocycles. The quantitative estimate of drug-likeness (QED) is 0.253. The molecule has 3 aliphatic rings. The Morgan fingerprint density at radius 2 is 1.57 bits per heavy atom. The van der Waals surface area contributed by atoms with Crippen molar-refractivity contribution in [3.05, 3.63) is 125 Å². The monoisotopic (exact) mass is 532 g/mol. The molecule has 2 fully saturated rings. The first kappa shape index (κ1) is 25.0. The Morgan fingerprint density at radius 1 is 0.925 bits per heavy atom. The molecule has 2 heterocycles. The first-order valence-corrected chi connectivity index (χ1v) is 14.3. The van der Waals surface area contributed by atoms with Gasteiger partial charge in [-0.15, -0.1) is 0 Å². The van der Waals surface area contributed by atoms with Gasteiger partial charge in [0.05, 0.1) is 23.0 Å². The summed E-state index contributed by atoms with van der Waals surface area (Å²) in [5.41, 5.74) is 5.13. The molecule has 202 valence electrons. The van der Waals surface area contributed by atoms with Crippen LogP contribution in [0, 0.1) is 16.6 Å². The third-order valence-corrected chi connectivity index (χ3v) is 9.67. The average molecular weight is 533 g/mol. The van der Waals surface area contributed by atoms with E-state index < -0.39 is 11.0 Å². The lowest BCUT2D eigenvalue weighted by atomic mass is 9.54. The predicted molar refractivity (Wildman–Crippen MR) is 153 cm³/mol. The maximum Gasteiger partial charge on any atom is 0.313 e. The van der Waals surface area contributed by atoms with Crippen molar-refractivity contribution in [2.75, 3.05) is 0 Å². The third-order valence-electron chi connectivity index (χ3n) is 9.67. The largest absolute Gasteiger partial charge is 0.458 e. The number of esters is 1. The molecule has 5 heteroatoms. The van der Waals surface area contributed by atoms with Crippen molar-refractivity contribution in [1.82, 2.24) is 9.78 Å². The Labute approximate surface area is 234 Å². The number of fused-ring (bicyclic) bond motifs is 3. The topological polar surface area (TPSA) is 44.1 Å². The van der Waals surface area contributed by atoms with Crippen LogP contribution in [0.4, 0.5) is 4.39 Å². The molecule has 0 amide bonds. The Balaban J connectivity index is 1.28. The second-order valence-corrected chi connectivity index (χ2v) is 12.1. The van der Waals surface area contributed by atoms with Gasteiger partial charge in [0.25, 0.3) is 0 Å². The molecule has 3 aromatic carbocycles. The Morgan fingerprint density at radius 3 is 2.23 bits per heavy atom. The summed E-state index contributed by atoms with van der Waals surface area (Å²) in [5, 5.41) is 4.70. The van der Waals surface area contributed by atoms with Gasteiger partial charge in [0.15, 0.2) is 0 Å². The van der Waals surface area contributed by atoms with Gasteiger partial charge in [-0.3, -0.25) is 4.79 Å². The minimum absolute atomic E-state index is 0.0736. The molecule has 4 nitrogen and oxygen atoms in total. The molecule has 0 radical (unpaired) electrons. The number of rotatable bonds is 5. The van der Waals surface area contributed by atoms with E-state index in [0.29, 0.717) is 19.3 Å². The van der Waals surface area contributed by atoms with E-state index in [0.717, 1.165) is 53.8 Å². The van der Waals surface area contributed by atoms with E-state index in [9.17, 15) is 9.18 Å². The Bertz CT molecular complexity index is 1550. The second-order valence-electron chi connectivity index (χ2n) is 12.1. The zero-order valence-corrected chi connectivity index (χ0v) is 22.8. The van der Waals surface area contributed by atoms with Crippen LogP contribution < -0.4 is 0 Å². The van der Waals surface area contributed by atoms with Gasteiger partial charge in [-0.1, -0.05) is 73.2 Å². The van der Waals surface area contributed by atoms with Crippen molar-refractivity contribution in [1.29, 1.82) is 0 Å². The van der Waals surface area contributed by atoms with E-state index in [1.165, 1.54) is 17.7 Å². The number of hydrogen-bond acceptors (Lipinski definition) is 3. The highest BCUT2D eigenvalue weighted by Gasteiger charge is 2.65. The van der Waals surface area contributed by atoms with Gasteiger partial charge in [-0.2, -0.15) is 5.10 Å². The van der Waals surface area contributed by atoms with Crippen LogP contribution in [0.2, 0.25) is 0 Å². The SMILES string of the molecule is C[C@]12Cc3cnn(-c4ccc(F)cc4)c3C=C1CCC[C@@]21CC(Cc2ccccc2)(Cc2ccccc2)C(=O)O1. The molecule has 1 saturated heterocycles. The summed E-state index contributed by atoms with van der Waals surface area (Å²) in [5.74, 6) is -0.335. The fourth-order valence-corrected chi connectivity index (χ4v) is 7.62. The van der Waals surface area contributed by atoms with Crippen LogP contribution >= 0.6 is 0 Å². The normalized spacial score (nSPS) is 24.8. The summed E-state index contributed by atoms with van der Waals surface area (Å²) in [6.45, 7) is 2.30. The predicted octanol–water partition coefficient (Wildman–Crippen LogP) is 7.30. The first-order valence-electron chi connectivity index (χ1n) is 14.3. The fourth-order valence-electron chi connectivity index (χ4n) is 7.62. The molecule has 1 aliphatic heterocycles. The van der Waals surface area contributed by atoms with E-state index in [2.05, 4.69) is 37.3 Å². The lowest BCUT2D eigenvalue weighted by Gasteiger charge is -2.52. The molecule has 0 bridgehead atoms. The summed E-state index contributed by atoms with van der Waals surface area (Å²) in [7, 11) is 0. The van der Waals surface area contributed by atoms with Crippen LogP contribution in [-0.2, 0) is 28.8 Å². The smallest absolute Gasteiger partial charge is 0.313 e. The highest BCUT2D eigenvalue weighted by molar-refractivity contribution is 5.81. The maximum absolute atomic E-state index is 14.2. The molecule has 1 saturated carbocycles. The van der Waals surface area contributed by atoms with Gasteiger partial charge in [0.1, 0.15) is 11.4 Å². The molecule has 0 unspecified atom stereocenters. The van der Waals surface area contributed by atoms with E-state index in [1.54, 1.807) is 12.1 Å². The van der Waals surface area contributed by atoms with Crippen molar-refractivity contribution < 1.29 is 13.9 Å².